The fraction of sp³-hybridized carbons (Fsp3) is 0.857. The monoisotopic (exact) mass is 160 g/mol. The molecule has 1 rings (SSSR count). The number of ether oxygens (including phenoxy) is 2. The Balaban J connectivity index is 2.35. The van der Waals surface area contributed by atoms with E-state index in [-0.39, 0.29) is 12.2 Å². The Labute approximate surface area is 65.1 Å². The summed E-state index contributed by atoms with van der Waals surface area (Å²) in [5.41, 5.74) is 0. The van der Waals surface area contributed by atoms with Crippen LogP contribution in [0.1, 0.15) is 13.3 Å². The minimum Gasteiger partial charge on any atom is -0.370 e. The van der Waals surface area contributed by atoms with E-state index in [1.165, 1.54) is 6.92 Å². The summed E-state index contributed by atoms with van der Waals surface area (Å²) < 4.78 is 9.97. The fourth-order valence-electron chi connectivity index (χ4n) is 1.00. The molecule has 0 aromatic carbocycles. The highest BCUT2D eigenvalue weighted by Gasteiger charge is 2.25. The van der Waals surface area contributed by atoms with E-state index in [2.05, 4.69) is 0 Å². The van der Waals surface area contributed by atoms with Crippen LogP contribution in [0.3, 0.4) is 0 Å². The lowest BCUT2D eigenvalue weighted by Crippen LogP contribution is -2.39. The van der Waals surface area contributed by atoms with Crippen LogP contribution in [-0.2, 0) is 14.3 Å². The zero-order valence-corrected chi connectivity index (χ0v) is 6.45. The van der Waals surface area contributed by atoms with Crippen LogP contribution in [0.4, 0.5) is 0 Å². The molecule has 11 heavy (non-hydrogen) atoms. The summed E-state index contributed by atoms with van der Waals surface area (Å²) in [6.07, 6.45) is -1.19. The predicted molar refractivity (Wildman–Crippen MR) is 37.0 cm³/mol. The first-order chi connectivity index (χ1) is 5.20. The maximum absolute atomic E-state index is 10.6. The molecule has 0 spiro atoms. The topological polar surface area (TPSA) is 55.8 Å². The first-order valence-electron chi connectivity index (χ1n) is 3.61. The summed E-state index contributed by atoms with van der Waals surface area (Å²) >= 11 is 0. The third kappa shape index (κ3) is 2.57. The molecule has 64 valence electrons. The number of aliphatic hydroxyl groups excluding tert-OH is 1. The van der Waals surface area contributed by atoms with Gasteiger partial charge in [-0.3, -0.25) is 4.79 Å². The Bertz CT molecular complexity index is 145. The molecule has 1 aliphatic rings. The van der Waals surface area contributed by atoms with Gasteiger partial charge in [0.25, 0.3) is 0 Å². The molecule has 0 aromatic rings. The molecule has 1 heterocycles. The van der Waals surface area contributed by atoms with Crippen molar-refractivity contribution < 1.29 is 19.4 Å². The Morgan fingerprint density at radius 3 is 2.73 bits per heavy atom. The zero-order chi connectivity index (χ0) is 8.27. The van der Waals surface area contributed by atoms with E-state index in [0.29, 0.717) is 13.2 Å². The molecule has 1 N–H and O–H groups in total. The lowest BCUT2D eigenvalue weighted by atomic mass is 10.2. The summed E-state index contributed by atoms with van der Waals surface area (Å²) in [6, 6.07) is 0. The lowest BCUT2D eigenvalue weighted by molar-refractivity contribution is -0.226. The van der Waals surface area contributed by atoms with Gasteiger partial charge in [-0.2, -0.15) is 0 Å². The number of hydrogen-bond acceptors (Lipinski definition) is 4. The summed E-state index contributed by atoms with van der Waals surface area (Å²) in [4.78, 5) is 10.6. The normalized spacial score (nSPS) is 31.8. The Kier molecular flexibility index (Phi) is 2.99. The van der Waals surface area contributed by atoms with Crippen LogP contribution < -0.4 is 0 Å². The molecule has 4 nitrogen and oxygen atoms in total. The largest absolute Gasteiger partial charge is 0.370 e. The van der Waals surface area contributed by atoms with E-state index in [0.717, 1.165) is 0 Å². The van der Waals surface area contributed by atoms with Crippen molar-refractivity contribution in [1.82, 2.24) is 0 Å². The number of Topliss-reactive ketones (excluding diaryl/α,β-unsaturated/α-hetero) is 1. The fourth-order valence-corrected chi connectivity index (χ4v) is 1.00. The van der Waals surface area contributed by atoms with Crippen LogP contribution in [0.2, 0.25) is 0 Å². The van der Waals surface area contributed by atoms with Crippen molar-refractivity contribution in [3.05, 3.63) is 0 Å². The summed E-state index contributed by atoms with van der Waals surface area (Å²) in [7, 11) is 0. The molecular weight excluding hydrogens is 148 g/mol. The first kappa shape index (κ1) is 8.64. The number of aliphatic hydroxyl groups is 1. The van der Waals surface area contributed by atoms with E-state index in [4.69, 9.17) is 14.6 Å². The molecule has 0 saturated carbocycles. The van der Waals surface area contributed by atoms with Gasteiger partial charge in [-0.15, -0.1) is 0 Å². The maximum atomic E-state index is 10.6. The van der Waals surface area contributed by atoms with Crippen LogP contribution in [-0.4, -0.2) is 36.5 Å². The number of hydrogen-bond donors (Lipinski definition) is 1. The van der Waals surface area contributed by atoms with Crippen molar-refractivity contribution in [3.63, 3.8) is 0 Å². The zero-order valence-electron chi connectivity index (χ0n) is 6.45. The molecule has 4 heteroatoms. The van der Waals surface area contributed by atoms with E-state index >= 15 is 0 Å². The second kappa shape index (κ2) is 3.80. The number of carbonyl (C=O) groups is 1. The molecule has 2 atom stereocenters. The average molecular weight is 160 g/mol. The van der Waals surface area contributed by atoms with Gasteiger partial charge in [-0.05, 0) is 6.92 Å². The van der Waals surface area contributed by atoms with Crippen molar-refractivity contribution in [1.29, 1.82) is 0 Å². The van der Waals surface area contributed by atoms with Gasteiger partial charge >= 0.3 is 0 Å². The molecule has 0 bridgehead atoms. The van der Waals surface area contributed by atoms with Crippen molar-refractivity contribution in [3.8, 4) is 0 Å². The molecule has 0 aromatic heterocycles. The molecular formula is C7H12O4. The van der Waals surface area contributed by atoms with Crippen LogP contribution in [0.15, 0.2) is 0 Å². The van der Waals surface area contributed by atoms with Gasteiger partial charge in [0.2, 0.25) is 0 Å². The second-order valence-corrected chi connectivity index (χ2v) is 2.58. The Hall–Kier alpha value is -0.450. The van der Waals surface area contributed by atoms with Gasteiger partial charge in [-0.1, -0.05) is 0 Å². The van der Waals surface area contributed by atoms with Gasteiger partial charge in [0.15, 0.2) is 6.29 Å². The molecule has 0 radical (unpaired) electrons. The SMILES string of the molecule is CC(=O)CC1OCCOC1O. The third-order valence-electron chi connectivity index (χ3n) is 1.51. The molecule has 1 aliphatic heterocycles. The van der Waals surface area contributed by atoms with Gasteiger partial charge in [-0.25, -0.2) is 0 Å². The van der Waals surface area contributed by atoms with E-state index in [1.807, 2.05) is 0 Å². The second-order valence-electron chi connectivity index (χ2n) is 2.58. The van der Waals surface area contributed by atoms with Gasteiger partial charge < -0.3 is 14.6 Å². The van der Waals surface area contributed by atoms with Crippen LogP contribution in [0.25, 0.3) is 0 Å². The van der Waals surface area contributed by atoms with Crippen molar-refractivity contribution in [2.24, 2.45) is 0 Å². The third-order valence-corrected chi connectivity index (χ3v) is 1.51. The van der Waals surface area contributed by atoms with Crippen LogP contribution >= 0.6 is 0 Å². The van der Waals surface area contributed by atoms with Crippen molar-refractivity contribution in [2.45, 2.75) is 25.7 Å². The van der Waals surface area contributed by atoms with E-state index in [9.17, 15) is 4.79 Å². The number of ketones is 1. The average Bonchev–Trinajstić information content (AvgIpc) is 1.93. The highest BCUT2D eigenvalue weighted by Crippen LogP contribution is 2.11. The quantitative estimate of drug-likeness (QED) is 0.602. The minimum absolute atomic E-state index is 0.000417. The molecule has 0 amide bonds. The predicted octanol–water partition coefficient (Wildman–Crippen LogP) is -0.301. The Morgan fingerprint density at radius 2 is 2.18 bits per heavy atom. The van der Waals surface area contributed by atoms with Gasteiger partial charge in [0.05, 0.1) is 13.2 Å². The van der Waals surface area contributed by atoms with Crippen LogP contribution in [0.5, 0.6) is 0 Å². The van der Waals surface area contributed by atoms with Crippen LogP contribution in [0, 0.1) is 0 Å². The van der Waals surface area contributed by atoms with Gasteiger partial charge in [0.1, 0.15) is 11.9 Å². The highest BCUT2D eigenvalue weighted by molar-refractivity contribution is 5.76. The lowest BCUT2D eigenvalue weighted by Gasteiger charge is -2.27. The maximum Gasteiger partial charge on any atom is 0.181 e. The molecule has 1 saturated heterocycles. The van der Waals surface area contributed by atoms with Gasteiger partial charge in [0, 0.05) is 6.42 Å². The van der Waals surface area contributed by atoms with E-state index < -0.39 is 12.4 Å². The summed E-state index contributed by atoms with van der Waals surface area (Å²) in [5, 5.41) is 9.12. The minimum atomic E-state index is -0.937. The Morgan fingerprint density at radius 1 is 1.55 bits per heavy atom. The molecule has 0 aliphatic carbocycles. The molecule has 2 unspecified atom stereocenters. The van der Waals surface area contributed by atoms with E-state index in [1.54, 1.807) is 0 Å². The molecule has 1 fully saturated rings. The van der Waals surface area contributed by atoms with Crippen molar-refractivity contribution >= 4 is 5.78 Å². The first-order valence-corrected chi connectivity index (χ1v) is 3.61. The summed E-state index contributed by atoms with van der Waals surface area (Å²) in [5.74, 6) is -0.000417. The number of rotatable bonds is 2. The standard InChI is InChI=1S/C7H12O4/c1-5(8)4-6-7(9)11-3-2-10-6/h6-7,9H,2-4H2,1H3. The summed E-state index contributed by atoms with van der Waals surface area (Å²) in [6.45, 7) is 2.31. The number of carbonyl (C=O) groups excluding carboxylic acids is 1. The highest BCUT2D eigenvalue weighted by atomic mass is 16.7. The van der Waals surface area contributed by atoms with Crippen molar-refractivity contribution in [2.75, 3.05) is 13.2 Å². The smallest absolute Gasteiger partial charge is 0.181 e.